The van der Waals surface area contributed by atoms with E-state index in [1.165, 1.54) is 13.2 Å². The number of halogens is 1. The minimum atomic E-state index is -0.446. The van der Waals surface area contributed by atoms with E-state index in [4.69, 9.17) is 31.5 Å². The summed E-state index contributed by atoms with van der Waals surface area (Å²) < 4.78 is 16.1. The van der Waals surface area contributed by atoms with Gasteiger partial charge in [-0.15, -0.1) is 0 Å². The molecule has 1 saturated heterocycles. The summed E-state index contributed by atoms with van der Waals surface area (Å²) in [5.41, 5.74) is 7.66. The number of nitrogens with one attached hydrogen (secondary N) is 2. The molecule has 12 nitrogen and oxygen atoms in total. The number of piperidine rings is 1. The molecule has 3 aromatic rings. The first kappa shape index (κ1) is 30.7. The number of esters is 1. The Hall–Kier alpha value is -4.26. The molecular weight excluding hydrogens is 564 g/mol. The van der Waals surface area contributed by atoms with E-state index in [0.717, 1.165) is 5.69 Å². The van der Waals surface area contributed by atoms with Crippen LogP contribution >= 0.6 is 11.6 Å². The number of amides is 2. The second kappa shape index (κ2) is 14.6. The summed E-state index contributed by atoms with van der Waals surface area (Å²) in [6.07, 6.45) is 2.41. The number of hydrogen-bond acceptors (Lipinski definition) is 10. The van der Waals surface area contributed by atoms with E-state index in [9.17, 15) is 14.4 Å². The summed E-state index contributed by atoms with van der Waals surface area (Å²) in [4.78, 5) is 48.2. The van der Waals surface area contributed by atoms with Crippen LogP contribution in [-0.4, -0.2) is 85.3 Å². The van der Waals surface area contributed by atoms with Gasteiger partial charge in [-0.3, -0.25) is 19.5 Å². The molecular formula is C29H33ClN6O6. The first-order valence-corrected chi connectivity index (χ1v) is 13.7. The number of carbonyl (C=O) groups is 3. The fourth-order valence-electron chi connectivity index (χ4n) is 4.55. The second-order valence-corrected chi connectivity index (χ2v) is 10.0. The van der Waals surface area contributed by atoms with Crippen LogP contribution in [0.5, 0.6) is 5.88 Å². The van der Waals surface area contributed by atoms with E-state index in [2.05, 4.69) is 20.6 Å². The lowest BCUT2D eigenvalue weighted by Gasteiger charge is -2.37. The molecule has 2 amide bonds. The number of carbonyl (C=O) groups excluding carboxylic acids is 3. The standard InChI is InChI=1S/C29H33ClN6O6/c1-40-24-16-36(13-10-23(24)34-27(38)21-15-22(30)26(31)35-28(21)41-2)17-25(37)33-20-8-6-18(7-9-20)29(39)42-14-11-19-5-3-4-12-32-19/h3-9,12,15,23-24H,10-11,13-14,16-17H2,1-2H3,(H2,31,35)(H,33,37)(H,34,38)/t23-,24+/m0/s1. The molecule has 0 saturated carbocycles. The molecule has 1 aliphatic rings. The fraction of sp³-hybridized carbons (Fsp3) is 0.345. The van der Waals surface area contributed by atoms with Crippen molar-refractivity contribution >= 4 is 40.9 Å². The molecule has 1 aromatic carbocycles. The average molecular weight is 597 g/mol. The number of nitrogens with two attached hydrogens (primary N) is 1. The quantitative estimate of drug-likeness (QED) is 0.281. The summed E-state index contributed by atoms with van der Waals surface area (Å²) in [5, 5.41) is 5.95. The van der Waals surface area contributed by atoms with Crippen molar-refractivity contribution in [2.45, 2.75) is 25.0 Å². The van der Waals surface area contributed by atoms with Crippen LogP contribution in [0, 0.1) is 0 Å². The smallest absolute Gasteiger partial charge is 0.338 e. The highest BCUT2D eigenvalue weighted by Crippen LogP contribution is 2.25. The Morgan fingerprint density at radius 3 is 2.62 bits per heavy atom. The zero-order chi connectivity index (χ0) is 30.1. The van der Waals surface area contributed by atoms with Gasteiger partial charge in [-0.25, -0.2) is 4.79 Å². The van der Waals surface area contributed by atoms with E-state index in [1.54, 1.807) is 37.6 Å². The predicted octanol–water partition coefficient (Wildman–Crippen LogP) is 2.58. The number of nitrogens with zero attached hydrogens (tertiary/aromatic N) is 3. The zero-order valence-corrected chi connectivity index (χ0v) is 24.1. The van der Waals surface area contributed by atoms with Crippen LogP contribution in [-0.2, 0) is 20.7 Å². The van der Waals surface area contributed by atoms with Crippen molar-refractivity contribution < 1.29 is 28.6 Å². The monoisotopic (exact) mass is 596 g/mol. The van der Waals surface area contributed by atoms with Gasteiger partial charge < -0.3 is 30.6 Å². The second-order valence-electron chi connectivity index (χ2n) is 9.62. The van der Waals surface area contributed by atoms with Crippen LogP contribution in [0.4, 0.5) is 11.5 Å². The maximum atomic E-state index is 13.0. The lowest BCUT2D eigenvalue weighted by molar-refractivity contribution is -0.118. The van der Waals surface area contributed by atoms with Gasteiger partial charge in [-0.2, -0.15) is 4.98 Å². The Bertz CT molecular complexity index is 1390. The molecule has 0 bridgehead atoms. The van der Waals surface area contributed by atoms with Crippen molar-refractivity contribution in [1.82, 2.24) is 20.2 Å². The number of nitrogen functional groups attached to an aromatic ring is 1. The number of anilines is 2. The number of rotatable bonds is 11. The van der Waals surface area contributed by atoms with Gasteiger partial charge in [0, 0.05) is 44.2 Å². The largest absolute Gasteiger partial charge is 0.480 e. The molecule has 0 radical (unpaired) electrons. The van der Waals surface area contributed by atoms with Crippen molar-refractivity contribution in [2.24, 2.45) is 0 Å². The Balaban J connectivity index is 1.24. The summed E-state index contributed by atoms with van der Waals surface area (Å²) in [7, 11) is 2.95. The third-order valence-corrected chi connectivity index (χ3v) is 7.06. The molecule has 0 aliphatic carbocycles. The number of likely N-dealkylation sites (tertiary alicyclic amines) is 1. The number of pyridine rings is 2. The van der Waals surface area contributed by atoms with Crippen LogP contribution in [0.2, 0.25) is 5.02 Å². The Morgan fingerprint density at radius 1 is 1.14 bits per heavy atom. The third kappa shape index (κ3) is 8.15. The van der Waals surface area contributed by atoms with Crippen LogP contribution in [0.25, 0.3) is 0 Å². The van der Waals surface area contributed by atoms with E-state index in [0.29, 0.717) is 37.2 Å². The van der Waals surface area contributed by atoms with Crippen LogP contribution in [0.3, 0.4) is 0 Å². The SMILES string of the molecule is COc1nc(N)c(Cl)cc1C(=O)N[C@H]1CCN(CC(=O)Nc2ccc(C(=O)OCCc3ccccn3)cc2)C[C@H]1OC. The molecule has 1 aliphatic heterocycles. The summed E-state index contributed by atoms with van der Waals surface area (Å²) in [6, 6.07) is 13.2. The van der Waals surface area contributed by atoms with Gasteiger partial charge in [0.25, 0.3) is 5.91 Å². The summed E-state index contributed by atoms with van der Waals surface area (Å²) >= 11 is 6.06. The maximum Gasteiger partial charge on any atom is 0.338 e. The van der Waals surface area contributed by atoms with Gasteiger partial charge in [0.15, 0.2) is 0 Å². The number of hydrogen-bond donors (Lipinski definition) is 3. The summed E-state index contributed by atoms with van der Waals surface area (Å²) in [5.74, 6) is -0.940. The van der Waals surface area contributed by atoms with E-state index < -0.39 is 11.9 Å². The molecule has 0 spiro atoms. The van der Waals surface area contributed by atoms with Gasteiger partial charge >= 0.3 is 5.97 Å². The molecule has 0 unspecified atom stereocenters. The maximum absolute atomic E-state index is 13.0. The molecule has 13 heteroatoms. The normalized spacial score (nSPS) is 16.8. The van der Waals surface area contributed by atoms with Crippen molar-refractivity contribution in [3.8, 4) is 5.88 Å². The Kier molecular flexibility index (Phi) is 10.7. The van der Waals surface area contributed by atoms with Crippen molar-refractivity contribution in [3.63, 3.8) is 0 Å². The minimum Gasteiger partial charge on any atom is -0.480 e. The number of methoxy groups -OCH3 is 2. The highest BCUT2D eigenvalue weighted by atomic mass is 35.5. The van der Waals surface area contributed by atoms with Crippen molar-refractivity contribution in [2.75, 3.05) is 51.5 Å². The minimum absolute atomic E-state index is 0.0670. The number of benzene rings is 1. The number of aromatic nitrogens is 2. The van der Waals surface area contributed by atoms with E-state index in [-0.39, 0.29) is 53.5 Å². The Morgan fingerprint density at radius 2 is 1.93 bits per heavy atom. The molecule has 4 N–H and O–H groups in total. The van der Waals surface area contributed by atoms with Crippen molar-refractivity contribution in [1.29, 1.82) is 0 Å². The van der Waals surface area contributed by atoms with Crippen LogP contribution in [0.1, 0.15) is 32.8 Å². The third-order valence-electron chi connectivity index (χ3n) is 6.76. The highest BCUT2D eigenvalue weighted by Gasteiger charge is 2.32. The lowest BCUT2D eigenvalue weighted by Crippen LogP contribution is -2.55. The average Bonchev–Trinajstić information content (AvgIpc) is 2.99. The van der Waals surface area contributed by atoms with E-state index >= 15 is 0 Å². The first-order chi connectivity index (χ1) is 20.3. The van der Waals surface area contributed by atoms with Crippen LogP contribution in [0.15, 0.2) is 54.7 Å². The topological polar surface area (TPSA) is 158 Å². The molecule has 2 aromatic heterocycles. The fourth-order valence-corrected chi connectivity index (χ4v) is 4.70. The summed E-state index contributed by atoms with van der Waals surface area (Å²) in [6.45, 7) is 1.33. The molecule has 222 valence electrons. The molecule has 2 atom stereocenters. The predicted molar refractivity (Wildman–Crippen MR) is 157 cm³/mol. The van der Waals surface area contributed by atoms with Gasteiger partial charge in [0.05, 0.1) is 43.0 Å². The lowest BCUT2D eigenvalue weighted by atomic mass is 10.0. The molecule has 3 heterocycles. The van der Waals surface area contributed by atoms with Gasteiger partial charge in [-0.1, -0.05) is 17.7 Å². The molecule has 1 fully saturated rings. The van der Waals surface area contributed by atoms with Gasteiger partial charge in [0.1, 0.15) is 11.4 Å². The molecule has 42 heavy (non-hydrogen) atoms. The Labute approximate surface area is 248 Å². The zero-order valence-electron chi connectivity index (χ0n) is 23.3. The van der Waals surface area contributed by atoms with Gasteiger partial charge in [-0.05, 0) is 48.9 Å². The highest BCUT2D eigenvalue weighted by molar-refractivity contribution is 6.33. The first-order valence-electron chi connectivity index (χ1n) is 13.3. The van der Waals surface area contributed by atoms with Crippen molar-refractivity contribution in [3.05, 3.63) is 76.6 Å². The number of ether oxygens (including phenoxy) is 3. The van der Waals surface area contributed by atoms with E-state index in [1.807, 2.05) is 23.1 Å². The van der Waals surface area contributed by atoms with Gasteiger partial charge in [0.2, 0.25) is 11.8 Å². The van der Waals surface area contributed by atoms with Crippen LogP contribution < -0.4 is 21.1 Å². The molecule has 4 rings (SSSR count).